The zero-order chi connectivity index (χ0) is 14.7. The van der Waals surface area contributed by atoms with Gasteiger partial charge in [0, 0.05) is 25.4 Å². The molecule has 0 saturated carbocycles. The zero-order valence-electron chi connectivity index (χ0n) is 12.6. The first kappa shape index (κ1) is 14.1. The average molecular weight is 285 g/mol. The van der Waals surface area contributed by atoms with Crippen LogP contribution in [-0.2, 0) is 11.2 Å². The Balaban J connectivity index is 1.62. The Morgan fingerprint density at radius 2 is 2.24 bits per heavy atom. The summed E-state index contributed by atoms with van der Waals surface area (Å²) in [5, 5.41) is 0. The molecule has 1 atom stereocenters. The van der Waals surface area contributed by atoms with E-state index < -0.39 is 0 Å². The molecular formula is C17H23N3O. The molecule has 0 spiro atoms. The molecule has 0 aliphatic carbocycles. The third-order valence-corrected chi connectivity index (χ3v) is 4.43. The number of carbonyl (C=O) groups is 1. The van der Waals surface area contributed by atoms with Gasteiger partial charge in [-0.15, -0.1) is 0 Å². The van der Waals surface area contributed by atoms with Gasteiger partial charge >= 0.3 is 0 Å². The molecule has 2 aromatic rings. The third kappa shape index (κ3) is 3.09. The summed E-state index contributed by atoms with van der Waals surface area (Å²) in [5.41, 5.74) is 2.02. The highest BCUT2D eigenvalue weighted by Gasteiger charge is 2.24. The van der Waals surface area contributed by atoms with Crippen LogP contribution in [0.1, 0.15) is 44.9 Å². The van der Waals surface area contributed by atoms with Crippen LogP contribution in [0.2, 0.25) is 0 Å². The number of nitrogens with one attached hydrogen (secondary N) is 1. The van der Waals surface area contributed by atoms with Gasteiger partial charge in [0.1, 0.15) is 5.82 Å². The molecule has 112 valence electrons. The summed E-state index contributed by atoms with van der Waals surface area (Å²) in [5.74, 6) is 1.19. The van der Waals surface area contributed by atoms with Crippen LogP contribution in [-0.4, -0.2) is 33.4 Å². The van der Waals surface area contributed by atoms with Gasteiger partial charge in [-0.25, -0.2) is 4.98 Å². The second-order valence-corrected chi connectivity index (χ2v) is 5.85. The maximum absolute atomic E-state index is 12.4. The second kappa shape index (κ2) is 6.29. The van der Waals surface area contributed by atoms with Crippen LogP contribution in [0.4, 0.5) is 0 Å². The minimum atomic E-state index is 0.280. The van der Waals surface area contributed by atoms with E-state index in [9.17, 15) is 4.79 Å². The number of piperidine rings is 1. The van der Waals surface area contributed by atoms with Crippen LogP contribution in [0.3, 0.4) is 0 Å². The summed E-state index contributed by atoms with van der Waals surface area (Å²) in [6.45, 7) is 3.10. The largest absolute Gasteiger partial charge is 0.342 e. The second-order valence-electron chi connectivity index (χ2n) is 5.85. The van der Waals surface area contributed by atoms with Crippen LogP contribution in [0.25, 0.3) is 11.0 Å². The summed E-state index contributed by atoms with van der Waals surface area (Å²) < 4.78 is 0. The minimum absolute atomic E-state index is 0.280. The summed E-state index contributed by atoms with van der Waals surface area (Å²) in [4.78, 5) is 22.4. The van der Waals surface area contributed by atoms with Gasteiger partial charge in [-0.2, -0.15) is 0 Å². The third-order valence-electron chi connectivity index (χ3n) is 4.43. The first-order valence-electron chi connectivity index (χ1n) is 8.01. The SMILES string of the molecule is CCC1CCCCN1C(=O)CCc1nc2ccccc2[nH]1. The summed E-state index contributed by atoms with van der Waals surface area (Å²) in [7, 11) is 0. The Morgan fingerprint density at radius 3 is 3.05 bits per heavy atom. The Morgan fingerprint density at radius 1 is 1.38 bits per heavy atom. The average Bonchev–Trinajstić information content (AvgIpc) is 2.95. The summed E-state index contributed by atoms with van der Waals surface area (Å²) in [6, 6.07) is 8.44. The Kier molecular flexibility index (Phi) is 4.23. The van der Waals surface area contributed by atoms with Crippen molar-refractivity contribution in [1.82, 2.24) is 14.9 Å². The van der Waals surface area contributed by atoms with Crippen molar-refractivity contribution in [2.24, 2.45) is 0 Å². The molecule has 4 heteroatoms. The van der Waals surface area contributed by atoms with E-state index in [2.05, 4.69) is 21.8 Å². The number of aromatic amines is 1. The van der Waals surface area contributed by atoms with Crippen molar-refractivity contribution in [1.29, 1.82) is 0 Å². The molecule has 1 aliphatic heterocycles. The molecule has 1 fully saturated rings. The first-order chi connectivity index (χ1) is 10.3. The number of imidazole rings is 1. The molecule has 1 amide bonds. The molecule has 21 heavy (non-hydrogen) atoms. The van der Waals surface area contributed by atoms with Gasteiger partial charge in [-0.1, -0.05) is 19.1 Å². The van der Waals surface area contributed by atoms with Gasteiger partial charge in [0.25, 0.3) is 0 Å². The fourth-order valence-corrected chi connectivity index (χ4v) is 3.25. The maximum atomic E-state index is 12.4. The number of amides is 1. The van der Waals surface area contributed by atoms with Crippen molar-refractivity contribution in [3.8, 4) is 0 Å². The normalized spacial score (nSPS) is 19.1. The van der Waals surface area contributed by atoms with Gasteiger partial charge in [-0.3, -0.25) is 4.79 Å². The number of benzene rings is 1. The lowest BCUT2D eigenvalue weighted by Crippen LogP contribution is -2.43. The fourth-order valence-electron chi connectivity index (χ4n) is 3.25. The number of para-hydroxylation sites is 2. The summed E-state index contributed by atoms with van der Waals surface area (Å²) in [6.07, 6.45) is 5.87. The monoisotopic (exact) mass is 285 g/mol. The first-order valence-corrected chi connectivity index (χ1v) is 8.01. The predicted octanol–water partition coefficient (Wildman–Crippen LogP) is 3.29. The number of fused-ring (bicyclic) bond motifs is 1. The van der Waals surface area contributed by atoms with Gasteiger partial charge in [-0.05, 0) is 37.8 Å². The van der Waals surface area contributed by atoms with E-state index in [1.807, 2.05) is 24.3 Å². The van der Waals surface area contributed by atoms with Gasteiger partial charge in [0.2, 0.25) is 5.91 Å². The van der Waals surface area contributed by atoms with Gasteiger partial charge < -0.3 is 9.88 Å². The Labute approximate surface area is 125 Å². The number of rotatable bonds is 4. The Bertz CT molecular complexity index is 586. The van der Waals surface area contributed by atoms with Crippen LogP contribution in [0, 0.1) is 0 Å². The number of carbonyl (C=O) groups excluding carboxylic acids is 1. The molecule has 1 unspecified atom stereocenters. The van der Waals surface area contributed by atoms with Crippen molar-refractivity contribution in [3.63, 3.8) is 0 Å². The fraction of sp³-hybridized carbons (Fsp3) is 0.529. The number of aromatic nitrogens is 2. The lowest BCUT2D eigenvalue weighted by Gasteiger charge is -2.35. The smallest absolute Gasteiger partial charge is 0.223 e. The lowest BCUT2D eigenvalue weighted by atomic mass is 9.99. The lowest BCUT2D eigenvalue weighted by molar-refractivity contribution is -0.134. The number of hydrogen-bond acceptors (Lipinski definition) is 2. The molecule has 3 rings (SSSR count). The maximum Gasteiger partial charge on any atom is 0.223 e. The van der Waals surface area contributed by atoms with Gasteiger partial charge in [0.15, 0.2) is 0 Å². The molecule has 1 aliphatic rings. The van der Waals surface area contributed by atoms with Crippen molar-refractivity contribution in [2.75, 3.05) is 6.54 Å². The zero-order valence-corrected chi connectivity index (χ0v) is 12.6. The molecular weight excluding hydrogens is 262 g/mol. The summed E-state index contributed by atoms with van der Waals surface area (Å²) >= 11 is 0. The topological polar surface area (TPSA) is 49.0 Å². The minimum Gasteiger partial charge on any atom is -0.342 e. The number of hydrogen-bond donors (Lipinski definition) is 1. The quantitative estimate of drug-likeness (QED) is 0.937. The highest BCUT2D eigenvalue weighted by Crippen LogP contribution is 2.21. The van der Waals surface area contributed by atoms with Crippen LogP contribution in [0.15, 0.2) is 24.3 Å². The number of aryl methyl sites for hydroxylation is 1. The van der Waals surface area contributed by atoms with E-state index in [1.165, 1.54) is 6.42 Å². The number of nitrogens with zero attached hydrogens (tertiary/aromatic N) is 2. The predicted molar refractivity (Wildman–Crippen MR) is 84.1 cm³/mol. The molecule has 0 bridgehead atoms. The molecule has 2 heterocycles. The van der Waals surface area contributed by atoms with Crippen molar-refractivity contribution < 1.29 is 4.79 Å². The van der Waals surface area contributed by atoms with Crippen LogP contribution < -0.4 is 0 Å². The van der Waals surface area contributed by atoms with E-state index in [0.29, 0.717) is 18.9 Å². The van der Waals surface area contributed by atoms with Crippen LogP contribution in [0.5, 0.6) is 0 Å². The van der Waals surface area contributed by atoms with Crippen LogP contribution >= 0.6 is 0 Å². The Hall–Kier alpha value is -1.84. The molecule has 1 N–H and O–H groups in total. The number of likely N-dealkylation sites (tertiary alicyclic amines) is 1. The van der Waals surface area contributed by atoms with Crippen molar-refractivity contribution >= 4 is 16.9 Å². The van der Waals surface area contributed by atoms with E-state index >= 15 is 0 Å². The molecule has 0 radical (unpaired) electrons. The van der Waals surface area contributed by atoms with E-state index in [4.69, 9.17) is 0 Å². The van der Waals surface area contributed by atoms with E-state index in [0.717, 1.165) is 42.7 Å². The molecule has 1 aromatic heterocycles. The van der Waals surface area contributed by atoms with E-state index in [-0.39, 0.29) is 5.91 Å². The number of H-pyrrole nitrogens is 1. The molecule has 1 aromatic carbocycles. The molecule has 4 nitrogen and oxygen atoms in total. The van der Waals surface area contributed by atoms with Crippen molar-refractivity contribution in [2.45, 2.75) is 51.5 Å². The standard InChI is InChI=1S/C17H23N3O/c1-2-13-7-5-6-12-20(13)17(21)11-10-16-18-14-8-3-4-9-15(14)19-16/h3-4,8-9,13H,2,5-7,10-12H2,1H3,(H,18,19). The van der Waals surface area contributed by atoms with Crippen molar-refractivity contribution in [3.05, 3.63) is 30.1 Å². The highest BCUT2D eigenvalue weighted by atomic mass is 16.2. The molecule has 1 saturated heterocycles. The van der Waals surface area contributed by atoms with E-state index in [1.54, 1.807) is 0 Å². The highest BCUT2D eigenvalue weighted by molar-refractivity contribution is 5.77. The van der Waals surface area contributed by atoms with Gasteiger partial charge in [0.05, 0.1) is 11.0 Å².